The van der Waals surface area contributed by atoms with Crippen molar-refractivity contribution in [1.29, 1.82) is 0 Å². The van der Waals surface area contributed by atoms with Crippen LogP contribution in [0.4, 0.5) is 35.1 Å². The molecule has 2 N–H and O–H groups in total. The Morgan fingerprint density at radius 2 is 1.69 bits per heavy atom. The third-order valence-corrected chi connectivity index (χ3v) is 12.1. The molecule has 13 nitrogen and oxygen atoms in total. The van der Waals surface area contributed by atoms with E-state index in [0.29, 0.717) is 69.2 Å². The van der Waals surface area contributed by atoms with Gasteiger partial charge in [0.25, 0.3) is 5.91 Å². The maximum Gasteiger partial charge on any atom is 0.491 e. The Bertz CT molecular complexity index is 2290. The minimum Gasteiger partial charge on any atom is -0.489 e. The molecule has 0 unspecified atom stereocenters. The number of ether oxygens (including phenoxy) is 4. The van der Waals surface area contributed by atoms with E-state index in [0.717, 1.165) is 17.1 Å². The second-order valence-electron chi connectivity index (χ2n) is 14.6. The number of benzene rings is 2. The number of aromatic nitrogens is 2. The van der Waals surface area contributed by atoms with E-state index in [1.54, 1.807) is 10.3 Å². The lowest BCUT2D eigenvalue weighted by molar-refractivity contribution is -0.205. The highest BCUT2D eigenvalue weighted by Gasteiger charge is 2.44. The second kappa shape index (κ2) is 18.7. The Morgan fingerprint density at radius 1 is 0.984 bits per heavy atom. The van der Waals surface area contributed by atoms with Gasteiger partial charge in [0.2, 0.25) is 5.82 Å². The quantitative estimate of drug-likeness (QED) is 0.0637. The van der Waals surface area contributed by atoms with Crippen LogP contribution in [0.2, 0.25) is 0 Å². The van der Waals surface area contributed by atoms with Crippen molar-refractivity contribution in [2.24, 2.45) is 0 Å². The molecule has 0 aliphatic carbocycles. The summed E-state index contributed by atoms with van der Waals surface area (Å²) in [4.78, 5) is 58.3. The average molecular weight is 910 g/mol. The average Bonchev–Trinajstić information content (AvgIpc) is 3.86. The highest BCUT2D eigenvalue weighted by molar-refractivity contribution is 7.16. The zero-order valence-corrected chi connectivity index (χ0v) is 34.1. The maximum absolute atomic E-state index is 15.1. The second-order valence-corrected chi connectivity index (χ2v) is 16.5. The number of nitrogens with zero attached hydrogens (tertiary/aromatic N) is 3. The number of thiazole rings is 2. The van der Waals surface area contributed by atoms with Gasteiger partial charge in [-0.05, 0) is 49.6 Å². The first-order chi connectivity index (χ1) is 28.7. The number of hydrogen-bond donors (Lipinski definition) is 2. The van der Waals surface area contributed by atoms with Crippen LogP contribution in [0, 0.1) is 11.6 Å². The van der Waals surface area contributed by atoms with Crippen molar-refractivity contribution in [3.8, 4) is 11.5 Å². The fraction of sp³-hybridized carbons (Fsp3) is 0.500. The van der Waals surface area contributed by atoms with Gasteiger partial charge >= 0.3 is 29.2 Å². The number of H-pyrrole nitrogens is 1. The summed E-state index contributed by atoms with van der Waals surface area (Å²) in [5.41, 5.74) is -0.919. The van der Waals surface area contributed by atoms with Crippen molar-refractivity contribution in [3.05, 3.63) is 72.8 Å². The molecule has 0 bridgehead atoms. The lowest BCUT2D eigenvalue weighted by Gasteiger charge is -2.47. The van der Waals surface area contributed by atoms with Gasteiger partial charge in [-0.1, -0.05) is 31.3 Å². The Hall–Kier alpha value is -4.71. The van der Waals surface area contributed by atoms with Crippen molar-refractivity contribution in [2.45, 2.75) is 63.1 Å². The molecule has 2 saturated heterocycles. The number of rotatable bonds is 14. The van der Waals surface area contributed by atoms with Gasteiger partial charge in [0.1, 0.15) is 23.9 Å². The lowest BCUT2D eigenvalue weighted by atomic mass is 9.89. The molecule has 2 aliphatic heterocycles. The standard InChI is InChI=1S/C38H39F8N5O8S2/c1-20(2)31-48-23(18-60-31)32(52)51-14-16-57-36(19-51)8-11-50(12-9-36)13-15-56-24-5-3-21(27(39)28(24)40)7-10-47-17-26(59-34(54)38(44,45)46)22-4-6-25(58-33(53)37(41,42)43)29-30(22)61-35(55)49-29/h3-6,18,20,26,47H,7-17,19H2,1-2H3,(H,49,55)/t26-/m0/s1. The van der Waals surface area contributed by atoms with Gasteiger partial charge in [-0.15, -0.1) is 11.3 Å². The number of morpholine rings is 1. The summed E-state index contributed by atoms with van der Waals surface area (Å²) >= 11 is 1.81. The monoisotopic (exact) mass is 909 g/mol. The third kappa shape index (κ3) is 11.0. The predicted molar refractivity (Wildman–Crippen MR) is 204 cm³/mol. The molecule has 1 amide bonds. The van der Waals surface area contributed by atoms with Crippen LogP contribution in [0.5, 0.6) is 11.5 Å². The number of nitrogens with one attached hydrogen (secondary N) is 2. The number of halogens is 8. The number of aromatic amines is 1. The first kappa shape index (κ1) is 45.8. The van der Waals surface area contributed by atoms with Gasteiger partial charge in [-0.25, -0.2) is 19.0 Å². The summed E-state index contributed by atoms with van der Waals surface area (Å²) < 4.78 is 129. The topological polar surface area (TPSA) is 152 Å². The normalized spacial score (nSPS) is 16.6. The number of likely N-dealkylation sites (tertiary alicyclic amines) is 1. The summed E-state index contributed by atoms with van der Waals surface area (Å²) in [6.45, 7) is 6.25. The van der Waals surface area contributed by atoms with Crippen molar-refractivity contribution in [2.75, 3.05) is 59.0 Å². The van der Waals surface area contributed by atoms with Gasteiger partial charge in [0.15, 0.2) is 17.3 Å². The Labute approximate surface area is 349 Å². The first-order valence-electron chi connectivity index (χ1n) is 18.9. The molecule has 2 aromatic heterocycles. The molecular weight excluding hydrogens is 871 g/mol. The lowest BCUT2D eigenvalue weighted by Crippen LogP contribution is -2.58. The molecule has 2 aromatic carbocycles. The van der Waals surface area contributed by atoms with Gasteiger partial charge in [-0.3, -0.25) is 14.5 Å². The number of amides is 1. The zero-order valence-electron chi connectivity index (χ0n) is 32.5. The molecule has 1 atom stereocenters. The molecule has 332 valence electrons. The van der Waals surface area contributed by atoms with E-state index in [2.05, 4.69) is 29.7 Å². The SMILES string of the molecule is CC(C)c1nc(C(=O)N2CCOC3(CCN(CCOc4ccc(CCNC[C@H](OC(=O)C(F)(F)F)c5ccc(OC(=O)C(F)(F)F)c6[nH]c(=O)sc56)c(F)c4F)CC3)C2)cs1. The molecule has 0 radical (unpaired) electrons. The number of piperidine rings is 1. The van der Waals surface area contributed by atoms with Crippen LogP contribution in [-0.2, 0) is 25.5 Å². The Balaban J connectivity index is 1.01. The number of carbonyl (C=O) groups excluding carboxylic acids is 3. The third-order valence-electron chi connectivity index (χ3n) is 10.1. The summed E-state index contributed by atoms with van der Waals surface area (Å²) in [7, 11) is 0. The van der Waals surface area contributed by atoms with Crippen molar-refractivity contribution in [1.82, 2.24) is 25.1 Å². The highest BCUT2D eigenvalue weighted by Crippen LogP contribution is 2.36. The van der Waals surface area contributed by atoms with Crippen LogP contribution in [0.3, 0.4) is 0 Å². The van der Waals surface area contributed by atoms with Crippen LogP contribution in [0.1, 0.15) is 65.3 Å². The largest absolute Gasteiger partial charge is 0.491 e. The van der Waals surface area contributed by atoms with E-state index in [-0.39, 0.29) is 53.0 Å². The molecule has 4 aromatic rings. The van der Waals surface area contributed by atoms with Gasteiger partial charge < -0.3 is 34.1 Å². The number of esters is 2. The minimum atomic E-state index is -5.46. The number of alkyl halides is 6. The van der Waals surface area contributed by atoms with E-state index in [1.165, 1.54) is 23.5 Å². The van der Waals surface area contributed by atoms with E-state index < -0.39 is 70.3 Å². The van der Waals surface area contributed by atoms with Crippen LogP contribution in [0.15, 0.2) is 34.4 Å². The van der Waals surface area contributed by atoms with Crippen LogP contribution in [0.25, 0.3) is 10.2 Å². The summed E-state index contributed by atoms with van der Waals surface area (Å²) in [6, 6.07) is 4.20. The van der Waals surface area contributed by atoms with Gasteiger partial charge in [-0.2, -0.15) is 30.7 Å². The fourth-order valence-corrected chi connectivity index (χ4v) is 8.59. The number of fused-ring (bicyclic) bond motifs is 1. The van der Waals surface area contributed by atoms with Crippen molar-refractivity contribution < 1.29 is 68.5 Å². The zero-order chi connectivity index (χ0) is 44.3. The van der Waals surface area contributed by atoms with E-state index in [9.17, 15) is 45.5 Å². The van der Waals surface area contributed by atoms with Crippen LogP contribution < -0.4 is 19.7 Å². The van der Waals surface area contributed by atoms with Crippen LogP contribution in [-0.4, -0.2) is 115 Å². The Kier molecular flexibility index (Phi) is 14.1. The van der Waals surface area contributed by atoms with E-state index >= 15 is 8.78 Å². The van der Waals surface area contributed by atoms with Gasteiger partial charge in [0.05, 0.1) is 28.5 Å². The van der Waals surface area contributed by atoms with Crippen molar-refractivity contribution in [3.63, 3.8) is 0 Å². The molecule has 4 heterocycles. The molecule has 23 heteroatoms. The first-order valence-corrected chi connectivity index (χ1v) is 20.6. The number of hydrogen-bond acceptors (Lipinski definition) is 13. The predicted octanol–water partition coefficient (Wildman–Crippen LogP) is 6.28. The minimum absolute atomic E-state index is 0.0324. The summed E-state index contributed by atoms with van der Waals surface area (Å²) in [5.74, 6) is -8.74. The molecule has 61 heavy (non-hydrogen) atoms. The van der Waals surface area contributed by atoms with E-state index in [1.807, 2.05) is 13.8 Å². The molecular formula is C38H39F8N5O8S2. The summed E-state index contributed by atoms with van der Waals surface area (Å²) in [5, 5.41) is 5.37. The molecule has 1 spiro atoms. The van der Waals surface area contributed by atoms with Crippen LogP contribution >= 0.6 is 22.7 Å². The number of carbonyl (C=O) groups is 3. The Morgan fingerprint density at radius 3 is 2.36 bits per heavy atom. The maximum atomic E-state index is 15.1. The van der Waals surface area contributed by atoms with Crippen molar-refractivity contribution >= 4 is 50.7 Å². The summed E-state index contributed by atoms with van der Waals surface area (Å²) in [6.07, 6.45) is -11.6. The highest BCUT2D eigenvalue weighted by atomic mass is 32.1. The molecule has 2 fully saturated rings. The van der Waals surface area contributed by atoms with E-state index in [4.69, 9.17) is 9.47 Å². The molecule has 2 aliphatic rings. The fourth-order valence-electron chi connectivity index (χ4n) is 6.87. The molecule has 6 rings (SSSR count). The van der Waals surface area contributed by atoms with Gasteiger partial charge in [0, 0.05) is 49.6 Å². The smallest absolute Gasteiger partial charge is 0.489 e. The molecule has 0 saturated carbocycles.